The summed E-state index contributed by atoms with van der Waals surface area (Å²) in [4.78, 5) is 19.0. The van der Waals surface area contributed by atoms with Crippen molar-refractivity contribution in [3.8, 4) is 0 Å². The van der Waals surface area contributed by atoms with Gasteiger partial charge in [-0.3, -0.25) is 4.79 Å². The summed E-state index contributed by atoms with van der Waals surface area (Å²) < 4.78 is 0. The Kier molecular flexibility index (Phi) is 6.24. The highest BCUT2D eigenvalue weighted by Gasteiger charge is 2.58. The number of nitrogens with zero attached hydrogens (tertiary/aromatic N) is 2. The predicted molar refractivity (Wildman–Crippen MR) is 177 cm³/mol. The van der Waals surface area contributed by atoms with Gasteiger partial charge in [0.15, 0.2) is 0 Å². The van der Waals surface area contributed by atoms with Gasteiger partial charge in [0.2, 0.25) is 0 Å². The SMILES string of the molecule is O=C(c1ccc(Cl)cc1)N1CCC2(Cc3cccc4ccccc34)c3ccccc3N(Cc3cccc4ccccc34)C12. The van der Waals surface area contributed by atoms with Crippen LogP contribution < -0.4 is 4.90 Å². The van der Waals surface area contributed by atoms with Gasteiger partial charge >= 0.3 is 0 Å². The van der Waals surface area contributed by atoms with E-state index in [1.807, 2.05) is 24.3 Å². The predicted octanol–water partition coefficient (Wildman–Crippen LogP) is 9.02. The van der Waals surface area contributed by atoms with E-state index in [1.54, 1.807) is 0 Å². The maximum absolute atomic E-state index is 14.3. The molecule has 2 atom stereocenters. The number of amides is 1. The molecule has 1 fully saturated rings. The first-order valence-corrected chi connectivity index (χ1v) is 15.4. The van der Waals surface area contributed by atoms with Crippen LogP contribution in [-0.2, 0) is 18.4 Å². The van der Waals surface area contributed by atoms with E-state index < -0.39 is 0 Å². The number of halogens is 1. The summed E-state index contributed by atoms with van der Waals surface area (Å²) in [6.07, 6.45) is 1.61. The van der Waals surface area contributed by atoms with Gasteiger partial charge < -0.3 is 9.80 Å². The summed E-state index contributed by atoms with van der Waals surface area (Å²) in [6, 6.07) is 46.6. The Morgan fingerprint density at radius 3 is 2.05 bits per heavy atom. The van der Waals surface area contributed by atoms with Crippen LogP contribution in [0.4, 0.5) is 5.69 Å². The van der Waals surface area contributed by atoms with E-state index in [-0.39, 0.29) is 17.5 Å². The van der Waals surface area contributed by atoms with Crippen LogP contribution in [0, 0.1) is 0 Å². The van der Waals surface area contributed by atoms with Crippen LogP contribution in [0.1, 0.15) is 33.5 Å². The molecule has 0 bridgehead atoms. The topological polar surface area (TPSA) is 23.6 Å². The van der Waals surface area contributed by atoms with E-state index >= 15 is 0 Å². The van der Waals surface area contributed by atoms with Crippen molar-refractivity contribution in [3.05, 3.63) is 161 Å². The van der Waals surface area contributed by atoms with Crippen LogP contribution in [0.25, 0.3) is 21.5 Å². The monoisotopic (exact) mass is 578 g/mol. The van der Waals surface area contributed by atoms with Gasteiger partial charge in [0.1, 0.15) is 6.17 Å². The molecule has 0 spiro atoms. The molecule has 4 heteroatoms. The first-order valence-electron chi connectivity index (χ1n) is 15.0. The van der Waals surface area contributed by atoms with Crippen LogP contribution in [-0.4, -0.2) is 23.5 Å². The molecule has 8 rings (SSSR count). The Morgan fingerprint density at radius 2 is 1.30 bits per heavy atom. The molecule has 6 aromatic carbocycles. The van der Waals surface area contributed by atoms with Gasteiger partial charge in [0.25, 0.3) is 5.91 Å². The molecule has 1 amide bonds. The Bertz CT molecular complexity index is 1990. The molecular weight excluding hydrogens is 548 g/mol. The zero-order valence-electron chi connectivity index (χ0n) is 23.8. The van der Waals surface area contributed by atoms with E-state index in [2.05, 4.69) is 119 Å². The van der Waals surface area contributed by atoms with Crippen LogP contribution in [0.3, 0.4) is 0 Å². The second-order valence-corrected chi connectivity index (χ2v) is 12.3. The lowest BCUT2D eigenvalue weighted by Gasteiger charge is -2.39. The Labute approximate surface area is 256 Å². The van der Waals surface area contributed by atoms with Gasteiger partial charge in [-0.2, -0.15) is 0 Å². The van der Waals surface area contributed by atoms with E-state index in [1.165, 1.54) is 43.9 Å². The molecule has 0 radical (unpaired) electrons. The van der Waals surface area contributed by atoms with Gasteiger partial charge in [-0.25, -0.2) is 0 Å². The molecule has 2 unspecified atom stereocenters. The third-order valence-corrected chi connectivity index (χ3v) is 9.84. The molecule has 0 saturated carbocycles. The van der Waals surface area contributed by atoms with E-state index in [0.29, 0.717) is 23.7 Å². The van der Waals surface area contributed by atoms with E-state index in [9.17, 15) is 4.79 Å². The number of likely N-dealkylation sites (tertiary alicyclic amines) is 1. The highest BCUT2D eigenvalue weighted by molar-refractivity contribution is 6.30. The third kappa shape index (κ3) is 4.22. The fraction of sp³-hybridized carbons (Fsp3) is 0.154. The van der Waals surface area contributed by atoms with Crippen molar-refractivity contribution in [2.45, 2.75) is 31.0 Å². The van der Waals surface area contributed by atoms with Crippen LogP contribution in [0.15, 0.2) is 133 Å². The normalized spacial score (nSPS) is 19.1. The van der Waals surface area contributed by atoms with Crippen molar-refractivity contribution in [1.29, 1.82) is 0 Å². The van der Waals surface area contributed by atoms with Crippen molar-refractivity contribution < 1.29 is 4.79 Å². The lowest BCUT2D eigenvalue weighted by Crippen LogP contribution is -2.52. The number of carbonyl (C=O) groups is 1. The highest BCUT2D eigenvalue weighted by atomic mass is 35.5. The minimum Gasteiger partial charge on any atom is -0.346 e. The lowest BCUT2D eigenvalue weighted by molar-refractivity contribution is 0.0709. The molecule has 6 aromatic rings. The fourth-order valence-electron chi connectivity index (χ4n) is 7.70. The summed E-state index contributed by atoms with van der Waals surface area (Å²) in [7, 11) is 0. The fourth-order valence-corrected chi connectivity index (χ4v) is 7.83. The minimum absolute atomic E-state index is 0.0530. The molecule has 2 aliphatic heterocycles. The Hall–Kier alpha value is -4.60. The van der Waals surface area contributed by atoms with Gasteiger partial charge in [-0.05, 0) is 81.4 Å². The standard InChI is InChI=1S/C39H31ClN2O/c40-32-21-19-29(20-22-32)37(43)41-24-23-39(25-30-13-7-11-27-9-1-3-15-33(27)30)35-17-5-6-18-36(35)42(38(39)41)26-31-14-8-12-28-10-2-4-16-34(28)31/h1-22,38H,23-26H2. The highest BCUT2D eigenvalue weighted by Crippen LogP contribution is 2.55. The van der Waals surface area contributed by atoms with Crippen molar-refractivity contribution in [2.75, 3.05) is 11.4 Å². The molecule has 2 heterocycles. The van der Waals surface area contributed by atoms with Gasteiger partial charge in [0, 0.05) is 34.8 Å². The number of fused-ring (bicyclic) bond motifs is 5. The smallest absolute Gasteiger partial charge is 0.255 e. The van der Waals surface area contributed by atoms with Gasteiger partial charge in [-0.15, -0.1) is 0 Å². The van der Waals surface area contributed by atoms with Crippen LogP contribution in [0.5, 0.6) is 0 Å². The number of rotatable bonds is 5. The summed E-state index contributed by atoms with van der Waals surface area (Å²) in [5.41, 5.74) is 5.55. The Balaban J connectivity index is 1.30. The maximum Gasteiger partial charge on any atom is 0.255 e. The molecule has 0 N–H and O–H groups in total. The van der Waals surface area contributed by atoms with Gasteiger partial charge in [0.05, 0.1) is 0 Å². The van der Waals surface area contributed by atoms with Crippen molar-refractivity contribution >= 4 is 44.7 Å². The molecule has 1 saturated heterocycles. The van der Waals surface area contributed by atoms with Crippen molar-refractivity contribution in [1.82, 2.24) is 4.90 Å². The van der Waals surface area contributed by atoms with E-state index in [0.717, 1.165) is 12.8 Å². The molecule has 0 aliphatic carbocycles. The zero-order chi connectivity index (χ0) is 29.0. The second-order valence-electron chi connectivity index (χ2n) is 11.9. The molecule has 43 heavy (non-hydrogen) atoms. The number of hydrogen-bond acceptors (Lipinski definition) is 2. The summed E-state index contributed by atoms with van der Waals surface area (Å²) in [6.45, 7) is 1.40. The van der Waals surface area contributed by atoms with Crippen molar-refractivity contribution in [3.63, 3.8) is 0 Å². The molecule has 3 nitrogen and oxygen atoms in total. The first kappa shape index (κ1) is 26.1. The second kappa shape index (κ2) is 10.3. The molecule has 210 valence electrons. The molecule has 0 aromatic heterocycles. The first-order chi connectivity index (χ1) is 21.1. The summed E-state index contributed by atoms with van der Waals surface area (Å²) in [5.74, 6) is 0.0530. The largest absolute Gasteiger partial charge is 0.346 e. The number of hydrogen-bond donors (Lipinski definition) is 0. The van der Waals surface area contributed by atoms with Crippen LogP contribution in [0.2, 0.25) is 5.02 Å². The van der Waals surface area contributed by atoms with Gasteiger partial charge in [-0.1, -0.05) is 115 Å². The van der Waals surface area contributed by atoms with E-state index in [4.69, 9.17) is 11.6 Å². The quantitative estimate of drug-likeness (QED) is 0.204. The molecule has 2 aliphatic rings. The average Bonchev–Trinajstić information content (AvgIpc) is 3.55. The number of benzene rings is 6. The van der Waals surface area contributed by atoms with Crippen LogP contribution >= 0.6 is 11.6 Å². The minimum atomic E-state index is -0.257. The summed E-state index contributed by atoms with van der Waals surface area (Å²) in [5, 5.41) is 5.65. The maximum atomic E-state index is 14.3. The summed E-state index contributed by atoms with van der Waals surface area (Å²) >= 11 is 6.21. The number of para-hydroxylation sites is 1. The zero-order valence-corrected chi connectivity index (χ0v) is 24.5. The number of carbonyl (C=O) groups excluding carboxylic acids is 1. The lowest BCUT2D eigenvalue weighted by atomic mass is 9.73. The van der Waals surface area contributed by atoms with Crippen molar-refractivity contribution in [2.24, 2.45) is 0 Å². The molecular formula is C39H31ClN2O. The third-order valence-electron chi connectivity index (χ3n) is 9.59. The number of anilines is 1. The Morgan fingerprint density at radius 1 is 0.698 bits per heavy atom. The average molecular weight is 579 g/mol.